The molecule has 1 aliphatic rings. The van der Waals surface area contributed by atoms with Crippen molar-refractivity contribution >= 4 is 29.3 Å². The molecule has 0 atom stereocenters. The van der Waals surface area contributed by atoms with Crippen LogP contribution in [-0.2, 0) is 9.53 Å². The zero-order chi connectivity index (χ0) is 14.8. The van der Waals surface area contributed by atoms with Crippen molar-refractivity contribution in [2.45, 2.75) is 12.5 Å². The van der Waals surface area contributed by atoms with Gasteiger partial charge in [0.15, 0.2) is 0 Å². The minimum absolute atomic E-state index is 0.260. The number of carboxylic acids is 1. The molecule has 108 valence electrons. The molecule has 1 heterocycles. The number of ether oxygens (including phenoxy) is 1. The van der Waals surface area contributed by atoms with Gasteiger partial charge in [-0.25, -0.2) is 9.59 Å². The molecule has 2 rings (SSSR count). The molecule has 0 spiro atoms. The van der Waals surface area contributed by atoms with Gasteiger partial charge in [-0.15, -0.1) is 0 Å². The first-order chi connectivity index (χ1) is 9.38. The number of hydrogen-bond donors (Lipinski definition) is 2. The van der Waals surface area contributed by atoms with Gasteiger partial charge in [0.1, 0.15) is 12.2 Å². The number of anilines is 1. The highest BCUT2D eigenvalue weighted by Gasteiger charge is 2.42. The van der Waals surface area contributed by atoms with Gasteiger partial charge in [-0.3, -0.25) is 0 Å². The molecule has 1 fully saturated rings. The van der Waals surface area contributed by atoms with Gasteiger partial charge >= 0.3 is 12.0 Å². The number of amides is 2. The number of hydrogen-bond acceptors (Lipinski definition) is 3. The summed E-state index contributed by atoms with van der Waals surface area (Å²) in [4.78, 5) is 23.9. The third-order valence-electron chi connectivity index (χ3n) is 2.96. The summed E-state index contributed by atoms with van der Waals surface area (Å²) in [5.74, 6) is -1.02. The summed E-state index contributed by atoms with van der Waals surface area (Å²) in [6.45, 7) is 2.12. The molecule has 0 unspecified atom stereocenters. The predicted octanol–water partition coefficient (Wildman–Crippen LogP) is 2.05. The van der Waals surface area contributed by atoms with E-state index in [-0.39, 0.29) is 12.6 Å². The maximum atomic E-state index is 11.9. The van der Waals surface area contributed by atoms with Crippen molar-refractivity contribution < 1.29 is 19.4 Å². The van der Waals surface area contributed by atoms with Crippen LogP contribution < -0.4 is 5.32 Å². The van der Waals surface area contributed by atoms with E-state index in [0.717, 1.165) is 0 Å². The van der Waals surface area contributed by atoms with Crippen LogP contribution in [0.4, 0.5) is 10.5 Å². The van der Waals surface area contributed by atoms with Crippen LogP contribution in [0.3, 0.4) is 0 Å². The first-order valence-electron chi connectivity index (χ1n) is 6.05. The second-order valence-corrected chi connectivity index (χ2v) is 5.37. The summed E-state index contributed by atoms with van der Waals surface area (Å²) in [7, 11) is 0. The number of aliphatic carboxylic acids is 1. The number of nitrogens with one attached hydrogen (secondary N) is 1. The van der Waals surface area contributed by atoms with Crippen LogP contribution >= 0.6 is 11.6 Å². The summed E-state index contributed by atoms with van der Waals surface area (Å²) in [5.41, 5.74) is 0.0203. The molecule has 0 aromatic heterocycles. The van der Waals surface area contributed by atoms with E-state index >= 15 is 0 Å². The van der Waals surface area contributed by atoms with E-state index in [1.165, 1.54) is 0 Å². The highest BCUT2D eigenvalue weighted by molar-refractivity contribution is 6.30. The number of carbonyl (C=O) groups excluding carboxylic acids is 1. The van der Waals surface area contributed by atoms with Gasteiger partial charge in [-0.2, -0.15) is 0 Å². The summed E-state index contributed by atoms with van der Waals surface area (Å²) < 4.78 is 5.23. The van der Waals surface area contributed by atoms with Crippen LogP contribution in [0, 0.1) is 0 Å². The molecule has 7 heteroatoms. The Morgan fingerprint density at radius 1 is 1.50 bits per heavy atom. The zero-order valence-electron chi connectivity index (χ0n) is 10.9. The summed E-state index contributed by atoms with van der Waals surface area (Å²) in [6, 6.07) is 6.60. The second-order valence-electron chi connectivity index (χ2n) is 4.93. The van der Waals surface area contributed by atoms with Crippen LogP contribution in [0.25, 0.3) is 0 Å². The van der Waals surface area contributed by atoms with Crippen molar-refractivity contribution in [2.75, 3.05) is 25.0 Å². The number of carboxylic acid groups (broad SMARTS) is 1. The fourth-order valence-electron chi connectivity index (χ4n) is 2.00. The average molecular weight is 299 g/mol. The van der Waals surface area contributed by atoms with Gasteiger partial charge < -0.3 is 20.1 Å². The Morgan fingerprint density at radius 3 is 2.80 bits per heavy atom. The fourth-order valence-corrected chi connectivity index (χ4v) is 2.19. The predicted molar refractivity (Wildman–Crippen MR) is 74.0 cm³/mol. The third-order valence-corrected chi connectivity index (χ3v) is 3.19. The lowest BCUT2D eigenvalue weighted by molar-refractivity contribution is -0.159. The van der Waals surface area contributed by atoms with Crippen LogP contribution in [0.5, 0.6) is 0 Å². The molecule has 2 N–H and O–H groups in total. The molecular weight excluding hydrogens is 284 g/mol. The van der Waals surface area contributed by atoms with Crippen LogP contribution in [0.1, 0.15) is 6.92 Å². The Morgan fingerprint density at radius 2 is 2.20 bits per heavy atom. The summed E-state index contributed by atoms with van der Waals surface area (Å²) in [5, 5.41) is 11.8. The maximum Gasteiger partial charge on any atom is 0.329 e. The van der Waals surface area contributed by atoms with Crippen molar-refractivity contribution in [3.63, 3.8) is 0 Å². The van der Waals surface area contributed by atoms with Crippen LogP contribution in [0.15, 0.2) is 24.3 Å². The molecular formula is C13H15ClN2O4. The average Bonchev–Trinajstić information content (AvgIpc) is 2.33. The molecule has 0 radical (unpaired) electrons. The quantitative estimate of drug-likeness (QED) is 0.891. The first-order valence-corrected chi connectivity index (χ1v) is 6.43. The number of carbonyl (C=O) groups is 2. The van der Waals surface area contributed by atoms with Gasteiger partial charge in [0, 0.05) is 10.7 Å². The van der Waals surface area contributed by atoms with E-state index in [1.807, 2.05) is 0 Å². The molecule has 0 bridgehead atoms. The Hall–Kier alpha value is -1.79. The topological polar surface area (TPSA) is 78.9 Å². The van der Waals surface area contributed by atoms with Crippen molar-refractivity contribution in [3.05, 3.63) is 29.3 Å². The number of benzene rings is 1. The number of halogens is 1. The van der Waals surface area contributed by atoms with Gasteiger partial charge in [-0.05, 0) is 25.1 Å². The third kappa shape index (κ3) is 3.61. The lowest BCUT2D eigenvalue weighted by Crippen LogP contribution is -2.64. The molecule has 6 nitrogen and oxygen atoms in total. The smallest absolute Gasteiger partial charge is 0.329 e. The first kappa shape index (κ1) is 14.6. The Bertz CT molecular complexity index is 529. The van der Waals surface area contributed by atoms with E-state index in [2.05, 4.69) is 5.32 Å². The molecule has 1 aliphatic heterocycles. The normalized spacial score (nSPS) is 16.4. The standard InChI is InChI=1S/C13H15ClN2O4/c1-13(20-6-11(17)18)7-16(8-13)12(19)15-10-4-2-3-9(14)5-10/h2-5H,6-8H2,1H3,(H,15,19)(H,17,18). The Balaban J connectivity index is 1.83. The number of nitrogens with zero attached hydrogens (tertiary/aromatic N) is 1. The number of urea groups is 1. The minimum atomic E-state index is -1.02. The Labute approximate surface area is 121 Å². The Kier molecular flexibility index (Phi) is 4.15. The summed E-state index contributed by atoms with van der Waals surface area (Å²) >= 11 is 5.83. The second kappa shape index (κ2) is 5.68. The van der Waals surface area contributed by atoms with Crippen LogP contribution in [0.2, 0.25) is 5.02 Å². The van der Waals surface area contributed by atoms with E-state index in [4.69, 9.17) is 21.4 Å². The van der Waals surface area contributed by atoms with Gasteiger partial charge in [0.2, 0.25) is 0 Å². The fraction of sp³-hybridized carbons (Fsp3) is 0.385. The van der Waals surface area contributed by atoms with E-state index in [0.29, 0.717) is 23.8 Å². The monoisotopic (exact) mass is 298 g/mol. The van der Waals surface area contributed by atoms with E-state index < -0.39 is 11.6 Å². The molecule has 1 saturated heterocycles. The maximum absolute atomic E-state index is 11.9. The van der Waals surface area contributed by atoms with Gasteiger partial charge in [0.25, 0.3) is 0 Å². The minimum Gasteiger partial charge on any atom is -0.480 e. The van der Waals surface area contributed by atoms with Crippen molar-refractivity contribution in [3.8, 4) is 0 Å². The lowest BCUT2D eigenvalue weighted by Gasteiger charge is -2.46. The molecule has 2 amide bonds. The van der Waals surface area contributed by atoms with Crippen molar-refractivity contribution in [1.82, 2.24) is 4.90 Å². The summed E-state index contributed by atoms with van der Waals surface area (Å²) in [6.07, 6.45) is 0. The SMILES string of the molecule is CC1(OCC(=O)O)CN(C(=O)Nc2cccc(Cl)c2)C1. The number of rotatable bonds is 4. The molecule has 1 aromatic carbocycles. The van der Waals surface area contributed by atoms with Crippen LogP contribution in [-0.4, -0.2) is 47.3 Å². The highest BCUT2D eigenvalue weighted by atomic mass is 35.5. The largest absolute Gasteiger partial charge is 0.480 e. The van der Waals surface area contributed by atoms with E-state index in [1.54, 1.807) is 36.1 Å². The lowest BCUT2D eigenvalue weighted by atomic mass is 9.97. The van der Waals surface area contributed by atoms with Gasteiger partial charge in [0.05, 0.1) is 13.1 Å². The number of likely N-dealkylation sites (tertiary alicyclic amines) is 1. The zero-order valence-corrected chi connectivity index (χ0v) is 11.7. The molecule has 0 aliphatic carbocycles. The van der Waals surface area contributed by atoms with Crippen molar-refractivity contribution in [1.29, 1.82) is 0 Å². The molecule has 20 heavy (non-hydrogen) atoms. The molecule has 1 aromatic rings. The van der Waals surface area contributed by atoms with Crippen molar-refractivity contribution in [2.24, 2.45) is 0 Å². The molecule has 0 saturated carbocycles. The van der Waals surface area contributed by atoms with E-state index in [9.17, 15) is 9.59 Å². The highest BCUT2D eigenvalue weighted by Crippen LogP contribution is 2.25. The van der Waals surface area contributed by atoms with Gasteiger partial charge in [-0.1, -0.05) is 17.7 Å².